The molecule has 2 unspecified atom stereocenters. The number of likely N-dealkylation sites (tertiary alicyclic amines) is 1. The van der Waals surface area contributed by atoms with Gasteiger partial charge in [-0.3, -0.25) is 9.89 Å². The molecule has 168 valence electrons. The summed E-state index contributed by atoms with van der Waals surface area (Å²) in [6, 6.07) is 11.9. The smallest absolute Gasteiger partial charge is 0.191 e. The molecule has 3 rings (SSSR count). The van der Waals surface area contributed by atoms with Gasteiger partial charge >= 0.3 is 0 Å². The van der Waals surface area contributed by atoms with Crippen molar-refractivity contribution in [3.63, 3.8) is 0 Å². The average Bonchev–Trinajstić information content (AvgIpc) is 3.23. The molecule has 0 radical (unpaired) electrons. The second-order valence-electron chi connectivity index (χ2n) is 9.32. The highest BCUT2D eigenvalue weighted by Gasteiger charge is 2.33. The first-order chi connectivity index (χ1) is 14.6. The highest BCUT2D eigenvalue weighted by molar-refractivity contribution is 5.80. The molecule has 2 fully saturated rings. The predicted molar refractivity (Wildman–Crippen MR) is 126 cm³/mol. The summed E-state index contributed by atoms with van der Waals surface area (Å²) >= 11 is 0. The van der Waals surface area contributed by atoms with Crippen molar-refractivity contribution >= 4 is 5.96 Å². The molecule has 1 heterocycles. The fourth-order valence-electron chi connectivity index (χ4n) is 5.10. The van der Waals surface area contributed by atoms with Crippen molar-refractivity contribution < 1.29 is 4.74 Å². The van der Waals surface area contributed by atoms with E-state index in [1.807, 2.05) is 7.11 Å². The summed E-state index contributed by atoms with van der Waals surface area (Å²) in [5.74, 6) is 0.995. The van der Waals surface area contributed by atoms with Crippen molar-refractivity contribution in [3.8, 4) is 0 Å². The van der Waals surface area contributed by atoms with Gasteiger partial charge in [-0.25, -0.2) is 0 Å². The Kier molecular flexibility index (Phi) is 9.01. The lowest BCUT2D eigenvalue weighted by Crippen LogP contribution is -2.51. The monoisotopic (exact) mass is 414 g/mol. The standard InChI is InChI=1S/C25H42N4O/c1-4-26-24(27-20-25(15-17-30-3)13-8-9-14-25)28-23-12-16-29(21(2)18-23)19-22-10-6-5-7-11-22/h5-7,10-11,21,23H,4,8-9,12-20H2,1-3H3,(H2,26,27,28). The third-order valence-corrected chi connectivity index (χ3v) is 7.00. The van der Waals surface area contributed by atoms with Gasteiger partial charge in [0.25, 0.3) is 0 Å². The molecule has 1 saturated carbocycles. The molecule has 30 heavy (non-hydrogen) atoms. The molecular weight excluding hydrogens is 372 g/mol. The summed E-state index contributed by atoms with van der Waals surface area (Å²) in [5, 5.41) is 7.24. The SMILES string of the molecule is CCNC(=NCC1(CCOC)CCCC1)NC1CCN(Cc2ccccc2)C(C)C1. The van der Waals surface area contributed by atoms with E-state index >= 15 is 0 Å². The maximum absolute atomic E-state index is 5.38. The van der Waals surface area contributed by atoms with Gasteiger partial charge in [0.05, 0.1) is 0 Å². The second kappa shape index (κ2) is 11.7. The molecule has 5 heteroatoms. The summed E-state index contributed by atoms with van der Waals surface area (Å²) in [6.07, 6.45) is 8.69. The summed E-state index contributed by atoms with van der Waals surface area (Å²) in [7, 11) is 1.81. The summed E-state index contributed by atoms with van der Waals surface area (Å²) < 4.78 is 5.38. The van der Waals surface area contributed by atoms with Gasteiger partial charge in [-0.1, -0.05) is 43.2 Å². The van der Waals surface area contributed by atoms with E-state index in [0.717, 1.165) is 58.0 Å². The summed E-state index contributed by atoms with van der Waals surface area (Å²) in [4.78, 5) is 7.66. The topological polar surface area (TPSA) is 48.9 Å². The van der Waals surface area contributed by atoms with E-state index < -0.39 is 0 Å². The van der Waals surface area contributed by atoms with Crippen LogP contribution < -0.4 is 10.6 Å². The number of nitrogens with one attached hydrogen (secondary N) is 2. The second-order valence-corrected chi connectivity index (χ2v) is 9.32. The maximum Gasteiger partial charge on any atom is 0.191 e. The van der Waals surface area contributed by atoms with Gasteiger partial charge in [-0.05, 0) is 56.9 Å². The molecule has 2 aliphatic rings. The van der Waals surface area contributed by atoms with Crippen LogP contribution in [0.5, 0.6) is 0 Å². The fraction of sp³-hybridized carbons (Fsp3) is 0.720. The van der Waals surface area contributed by atoms with Gasteiger partial charge in [0, 0.05) is 52.0 Å². The van der Waals surface area contributed by atoms with E-state index in [0.29, 0.717) is 17.5 Å². The molecule has 1 aliphatic heterocycles. The van der Waals surface area contributed by atoms with Crippen LogP contribution in [0.2, 0.25) is 0 Å². The van der Waals surface area contributed by atoms with Gasteiger partial charge in [0.1, 0.15) is 0 Å². The summed E-state index contributed by atoms with van der Waals surface area (Å²) in [6.45, 7) is 9.35. The van der Waals surface area contributed by atoms with Crippen LogP contribution >= 0.6 is 0 Å². The van der Waals surface area contributed by atoms with E-state index in [4.69, 9.17) is 9.73 Å². The third kappa shape index (κ3) is 6.71. The number of guanidine groups is 1. The van der Waals surface area contributed by atoms with Crippen LogP contribution in [0.1, 0.15) is 64.4 Å². The van der Waals surface area contributed by atoms with Crippen LogP contribution in [-0.2, 0) is 11.3 Å². The predicted octanol–water partition coefficient (Wildman–Crippen LogP) is 4.19. The van der Waals surface area contributed by atoms with E-state index in [1.54, 1.807) is 0 Å². The number of ether oxygens (including phenoxy) is 1. The van der Waals surface area contributed by atoms with Crippen LogP contribution in [0.3, 0.4) is 0 Å². The van der Waals surface area contributed by atoms with Crippen LogP contribution in [0, 0.1) is 5.41 Å². The number of nitrogens with zero attached hydrogens (tertiary/aromatic N) is 2. The minimum atomic E-state index is 0.338. The lowest BCUT2D eigenvalue weighted by Gasteiger charge is -2.38. The van der Waals surface area contributed by atoms with Crippen molar-refractivity contribution in [2.45, 2.75) is 77.4 Å². The maximum atomic E-state index is 5.38. The number of piperidine rings is 1. The first kappa shape index (κ1) is 23.1. The first-order valence-electron chi connectivity index (χ1n) is 12.0. The Morgan fingerprint density at radius 2 is 2.00 bits per heavy atom. The quantitative estimate of drug-likeness (QED) is 0.470. The Bertz CT molecular complexity index is 642. The largest absolute Gasteiger partial charge is 0.385 e. The van der Waals surface area contributed by atoms with Gasteiger partial charge < -0.3 is 15.4 Å². The van der Waals surface area contributed by atoms with Crippen LogP contribution in [-0.4, -0.2) is 56.3 Å². The number of aliphatic imine (C=N–C) groups is 1. The average molecular weight is 415 g/mol. The fourth-order valence-corrected chi connectivity index (χ4v) is 5.10. The third-order valence-electron chi connectivity index (χ3n) is 7.00. The number of rotatable bonds is 9. The minimum Gasteiger partial charge on any atom is -0.385 e. The molecule has 5 nitrogen and oxygen atoms in total. The van der Waals surface area contributed by atoms with Crippen molar-refractivity contribution in [1.29, 1.82) is 0 Å². The molecule has 0 bridgehead atoms. The molecule has 1 aromatic carbocycles. The molecular formula is C25H42N4O. The molecule has 1 aromatic rings. The molecule has 0 amide bonds. The number of methoxy groups -OCH3 is 1. The normalized spacial score (nSPS) is 24.7. The molecule has 1 aliphatic carbocycles. The van der Waals surface area contributed by atoms with Crippen molar-refractivity contribution in [2.24, 2.45) is 10.4 Å². The molecule has 0 aromatic heterocycles. The number of benzene rings is 1. The van der Waals surface area contributed by atoms with Gasteiger partial charge in [0.2, 0.25) is 0 Å². The van der Waals surface area contributed by atoms with Crippen molar-refractivity contribution in [3.05, 3.63) is 35.9 Å². The zero-order chi connectivity index (χ0) is 21.2. The van der Waals surface area contributed by atoms with Gasteiger partial charge in [-0.2, -0.15) is 0 Å². The van der Waals surface area contributed by atoms with E-state index in [2.05, 4.69) is 59.7 Å². The summed E-state index contributed by atoms with van der Waals surface area (Å²) in [5.41, 5.74) is 1.74. The zero-order valence-corrected chi connectivity index (χ0v) is 19.3. The highest BCUT2D eigenvalue weighted by atomic mass is 16.5. The highest BCUT2D eigenvalue weighted by Crippen LogP contribution is 2.41. The van der Waals surface area contributed by atoms with E-state index in [1.165, 1.54) is 31.2 Å². The van der Waals surface area contributed by atoms with Crippen molar-refractivity contribution in [2.75, 3.05) is 33.4 Å². The van der Waals surface area contributed by atoms with Crippen LogP contribution in [0.25, 0.3) is 0 Å². The Labute approximate surface area is 183 Å². The first-order valence-corrected chi connectivity index (χ1v) is 12.0. The van der Waals surface area contributed by atoms with E-state index in [9.17, 15) is 0 Å². The van der Waals surface area contributed by atoms with Gasteiger partial charge in [0.15, 0.2) is 5.96 Å². The van der Waals surface area contributed by atoms with Crippen LogP contribution in [0.15, 0.2) is 35.3 Å². The Morgan fingerprint density at radius 3 is 2.67 bits per heavy atom. The van der Waals surface area contributed by atoms with E-state index in [-0.39, 0.29) is 0 Å². The molecule has 2 atom stereocenters. The molecule has 2 N–H and O–H groups in total. The van der Waals surface area contributed by atoms with Crippen LogP contribution in [0.4, 0.5) is 0 Å². The lowest BCUT2D eigenvalue weighted by molar-refractivity contribution is 0.134. The minimum absolute atomic E-state index is 0.338. The molecule has 0 spiro atoms. The Balaban J connectivity index is 1.54. The zero-order valence-electron chi connectivity index (χ0n) is 19.3. The van der Waals surface area contributed by atoms with Gasteiger partial charge in [-0.15, -0.1) is 0 Å². The van der Waals surface area contributed by atoms with Crippen molar-refractivity contribution in [1.82, 2.24) is 15.5 Å². The Hall–Kier alpha value is -1.59. The molecule has 1 saturated heterocycles. The Morgan fingerprint density at radius 1 is 1.23 bits per heavy atom. The number of hydrogen-bond acceptors (Lipinski definition) is 3. The lowest BCUT2D eigenvalue weighted by atomic mass is 9.83. The number of hydrogen-bond donors (Lipinski definition) is 2.